The summed E-state index contributed by atoms with van der Waals surface area (Å²) in [6.45, 7) is 5.81. The van der Waals surface area contributed by atoms with Gasteiger partial charge < -0.3 is 15.5 Å². The number of fused-ring (bicyclic) bond motifs is 1. The van der Waals surface area contributed by atoms with Gasteiger partial charge in [-0.1, -0.05) is 25.1 Å². The first-order valence-electron chi connectivity index (χ1n) is 9.46. The van der Waals surface area contributed by atoms with Crippen molar-refractivity contribution < 1.29 is 4.79 Å². The summed E-state index contributed by atoms with van der Waals surface area (Å²) in [5.74, 6) is 0.585. The lowest BCUT2D eigenvalue weighted by molar-refractivity contribution is 0.262. The molecule has 3 aromatic rings. The Labute approximate surface area is 170 Å². The Morgan fingerprint density at radius 2 is 1.82 bits per heavy atom. The molecule has 1 heterocycles. The van der Waals surface area contributed by atoms with Crippen molar-refractivity contribution in [3.8, 4) is 0 Å². The Morgan fingerprint density at radius 1 is 1.07 bits per heavy atom. The molecular weight excluding hydrogens is 372 g/mol. The molecule has 28 heavy (non-hydrogen) atoms. The highest BCUT2D eigenvalue weighted by Gasteiger charge is 2.09. The van der Waals surface area contributed by atoms with Crippen LogP contribution in [-0.4, -0.2) is 30.0 Å². The van der Waals surface area contributed by atoms with Crippen LogP contribution in [-0.2, 0) is 0 Å². The number of hydrogen-bond acceptors (Lipinski definition) is 3. The van der Waals surface area contributed by atoms with Gasteiger partial charge in [-0.15, -0.1) is 11.6 Å². The molecule has 2 aromatic carbocycles. The fraction of sp³-hybridized carbons (Fsp3) is 0.273. The first-order chi connectivity index (χ1) is 13.6. The van der Waals surface area contributed by atoms with Gasteiger partial charge in [0.1, 0.15) is 0 Å². The van der Waals surface area contributed by atoms with Gasteiger partial charge in [-0.3, -0.25) is 4.98 Å². The number of benzene rings is 2. The van der Waals surface area contributed by atoms with E-state index in [9.17, 15) is 4.79 Å². The number of nitrogens with zero attached hydrogens (tertiary/aromatic N) is 2. The molecule has 6 heteroatoms. The highest BCUT2D eigenvalue weighted by Crippen LogP contribution is 2.23. The van der Waals surface area contributed by atoms with Crippen LogP contribution in [0.2, 0.25) is 0 Å². The molecule has 0 aliphatic heterocycles. The molecule has 0 fully saturated rings. The minimum atomic E-state index is -0.283. The molecule has 0 aliphatic carbocycles. The van der Waals surface area contributed by atoms with Crippen molar-refractivity contribution in [1.29, 1.82) is 0 Å². The lowest BCUT2D eigenvalue weighted by Gasteiger charge is -2.23. The molecule has 0 bridgehead atoms. The summed E-state index contributed by atoms with van der Waals surface area (Å²) in [4.78, 5) is 19.2. The van der Waals surface area contributed by atoms with E-state index in [1.54, 1.807) is 0 Å². The summed E-state index contributed by atoms with van der Waals surface area (Å²) in [5.41, 5.74) is 4.29. The van der Waals surface area contributed by atoms with Gasteiger partial charge in [-0.25, -0.2) is 4.79 Å². The number of amides is 2. The first kappa shape index (κ1) is 20.0. The minimum absolute atomic E-state index is 0.283. The zero-order valence-corrected chi connectivity index (χ0v) is 17.0. The number of halogens is 1. The van der Waals surface area contributed by atoms with Crippen LogP contribution in [0.15, 0.2) is 54.6 Å². The number of carbonyl (C=O) groups excluding carboxylic acids is 1. The van der Waals surface area contributed by atoms with E-state index in [-0.39, 0.29) is 6.03 Å². The van der Waals surface area contributed by atoms with Crippen molar-refractivity contribution in [2.45, 2.75) is 20.3 Å². The lowest BCUT2D eigenvalue weighted by atomic mass is 10.1. The van der Waals surface area contributed by atoms with Crippen LogP contribution >= 0.6 is 11.6 Å². The van der Waals surface area contributed by atoms with E-state index in [1.165, 1.54) is 0 Å². The van der Waals surface area contributed by atoms with Crippen LogP contribution < -0.4 is 15.5 Å². The van der Waals surface area contributed by atoms with Gasteiger partial charge in [-0.05, 0) is 49.7 Å². The molecular formula is C22H25ClN4O. The highest BCUT2D eigenvalue weighted by atomic mass is 35.5. The Morgan fingerprint density at radius 3 is 2.54 bits per heavy atom. The van der Waals surface area contributed by atoms with E-state index in [0.29, 0.717) is 5.88 Å². The molecule has 2 amide bonds. The molecule has 0 atom stereocenters. The molecule has 0 saturated carbocycles. The minimum Gasteiger partial charge on any atom is -0.370 e. The van der Waals surface area contributed by atoms with Crippen molar-refractivity contribution in [3.63, 3.8) is 0 Å². The Kier molecular flexibility index (Phi) is 6.71. The van der Waals surface area contributed by atoms with Gasteiger partial charge in [0.25, 0.3) is 0 Å². The Balaban J connectivity index is 1.70. The smallest absolute Gasteiger partial charge is 0.323 e. The maximum atomic E-state index is 12.5. The number of anilines is 3. The van der Waals surface area contributed by atoms with Gasteiger partial charge in [0.05, 0.1) is 11.2 Å². The molecule has 0 unspecified atom stereocenters. The highest BCUT2D eigenvalue weighted by molar-refractivity contribution is 6.18. The number of nitrogens with one attached hydrogen (secondary N) is 2. The summed E-state index contributed by atoms with van der Waals surface area (Å²) in [7, 11) is 0. The standard InChI is InChI=1S/C22H25ClN4O/c1-3-13-27(14-12-23)18-10-8-17(9-11-18)25-22(28)26-21-15-16(2)24-20-7-5-4-6-19(20)21/h4-11,15H,3,12-14H2,1-2H3,(H2,24,25,26,28). The number of pyridine rings is 1. The van der Waals surface area contributed by atoms with Crippen LogP contribution in [0.5, 0.6) is 0 Å². The molecule has 3 rings (SSSR count). The van der Waals surface area contributed by atoms with Crippen LogP contribution in [0.4, 0.5) is 21.9 Å². The summed E-state index contributed by atoms with van der Waals surface area (Å²) in [6.07, 6.45) is 1.05. The van der Waals surface area contributed by atoms with Crippen molar-refractivity contribution in [2.24, 2.45) is 0 Å². The third-order valence-electron chi connectivity index (χ3n) is 4.43. The molecule has 0 saturated heterocycles. The monoisotopic (exact) mass is 396 g/mol. The zero-order chi connectivity index (χ0) is 19.9. The Hall–Kier alpha value is -2.79. The summed E-state index contributed by atoms with van der Waals surface area (Å²) >= 11 is 5.90. The van der Waals surface area contributed by atoms with Crippen molar-refractivity contribution >= 4 is 45.6 Å². The van der Waals surface area contributed by atoms with Crippen molar-refractivity contribution in [2.75, 3.05) is 34.5 Å². The molecule has 146 valence electrons. The second-order valence-corrected chi connectivity index (χ2v) is 7.01. The Bertz CT molecular complexity index is 937. The quantitative estimate of drug-likeness (QED) is 0.508. The van der Waals surface area contributed by atoms with Gasteiger partial charge >= 0.3 is 6.03 Å². The van der Waals surface area contributed by atoms with Gasteiger partial charge in [0.2, 0.25) is 0 Å². The van der Waals surface area contributed by atoms with E-state index in [4.69, 9.17) is 11.6 Å². The third-order valence-corrected chi connectivity index (χ3v) is 4.60. The molecule has 0 spiro atoms. The molecule has 0 radical (unpaired) electrons. The van der Waals surface area contributed by atoms with Crippen LogP contribution in [0.3, 0.4) is 0 Å². The van der Waals surface area contributed by atoms with Crippen LogP contribution in [0.25, 0.3) is 10.9 Å². The molecule has 5 nitrogen and oxygen atoms in total. The molecule has 1 aromatic heterocycles. The number of para-hydroxylation sites is 1. The summed E-state index contributed by atoms with van der Waals surface area (Å²) in [5, 5.41) is 6.74. The number of carbonyl (C=O) groups is 1. The van der Waals surface area contributed by atoms with Gasteiger partial charge in [-0.2, -0.15) is 0 Å². The van der Waals surface area contributed by atoms with E-state index in [0.717, 1.165) is 53.2 Å². The predicted molar refractivity (Wildman–Crippen MR) is 119 cm³/mol. The maximum absolute atomic E-state index is 12.5. The molecule has 0 aliphatic rings. The second kappa shape index (κ2) is 9.42. The van der Waals surface area contributed by atoms with E-state index in [2.05, 4.69) is 27.4 Å². The molecule has 2 N–H and O–H groups in total. The van der Waals surface area contributed by atoms with E-state index in [1.807, 2.05) is 61.5 Å². The number of aromatic nitrogens is 1. The largest absolute Gasteiger partial charge is 0.370 e. The van der Waals surface area contributed by atoms with Crippen molar-refractivity contribution in [1.82, 2.24) is 4.98 Å². The normalized spacial score (nSPS) is 10.7. The van der Waals surface area contributed by atoms with E-state index < -0.39 is 0 Å². The fourth-order valence-corrected chi connectivity index (χ4v) is 3.40. The third kappa shape index (κ3) is 4.93. The summed E-state index contributed by atoms with van der Waals surface area (Å²) < 4.78 is 0. The predicted octanol–water partition coefficient (Wildman–Crippen LogP) is 5.64. The van der Waals surface area contributed by atoms with Gasteiger partial charge in [0.15, 0.2) is 0 Å². The number of rotatable bonds is 7. The topological polar surface area (TPSA) is 57.3 Å². The average Bonchev–Trinajstić information content (AvgIpc) is 2.68. The number of urea groups is 1. The van der Waals surface area contributed by atoms with Gasteiger partial charge in [0, 0.05) is 41.4 Å². The summed E-state index contributed by atoms with van der Waals surface area (Å²) in [6, 6.07) is 17.2. The lowest BCUT2D eigenvalue weighted by Crippen LogP contribution is -2.26. The maximum Gasteiger partial charge on any atom is 0.323 e. The SMILES string of the molecule is CCCN(CCCl)c1ccc(NC(=O)Nc2cc(C)nc3ccccc23)cc1. The fourth-order valence-electron chi connectivity index (χ4n) is 3.19. The average molecular weight is 397 g/mol. The number of hydrogen-bond donors (Lipinski definition) is 2. The van der Waals surface area contributed by atoms with Crippen LogP contribution in [0, 0.1) is 6.92 Å². The van der Waals surface area contributed by atoms with E-state index >= 15 is 0 Å². The zero-order valence-electron chi connectivity index (χ0n) is 16.2. The van der Waals surface area contributed by atoms with Crippen LogP contribution in [0.1, 0.15) is 19.0 Å². The first-order valence-corrected chi connectivity index (χ1v) is 9.99. The number of alkyl halides is 1. The van der Waals surface area contributed by atoms with Crippen molar-refractivity contribution in [3.05, 3.63) is 60.3 Å². The number of aryl methyl sites for hydroxylation is 1. The second-order valence-electron chi connectivity index (χ2n) is 6.63.